The maximum absolute atomic E-state index is 12.4. The predicted molar refractivity (Wildman–Crippen MR) is 112 cm³/mol. The lowest BCUT2D eigenvalue weighted by Gasteiger charge is -2.29. The first-order valence-corrected chi connectivity index (χ1v) is 9.67. The summed E-state index contributed by atoms with van der Waals surface area (Å²) in [6.07, 6.45) is 0.258. The lowest BCUT2D eigenvalue weighted by Crippen LogP contribution is -2.36. The molecule has 1 saturated heterocycles. The van der Waals surface area contributed by atoms with Gasteiger partial charge in [-0.05, 0) is 23.8 Å². The normalized spacial score (nSPS) is 13.8. The third kappa shape index (κ3) is 5.68. The van der Waals surface area contributed by atoms with E-state index in [9.17, 15) is 14.9 Å². The van der Waals surface area contributed by atoms with Crippen molar-refractivity contribution < 1.29 is 14.5 Å². The molecule has 1 amide bonds. The fourth-order valence-electron chi connectivity index (χ4n) is 3.27. The summed E-state index contributed by atoms with van der Waals surface area (Å²) >= 11 is 0. The third-order valence-electron chi connectivity index (χ3n) is 4.91. The summed E-state index contributed by atoms with van der Waals surface area (Å²) in [5, 5.41) is 14.0. The number of carbonyl (C=O) groups is 1. The highest BCUT2D eigenvalue weighted by Gasteiger charge is 2.14. The van der Waals surface area contributed by atoms with E-state index < -0.39 is 4.92 Å². The fraction of sp³-hybridized carbons (Fsp3) is 0.381. The lowest BCUT2D eigenvalue weighted by atomic mass is 10.1. The van der Waals surface area contributed by atoms with E-state index in [4.69, 9.17) is 4.74 Å². The zero-order valence-corrected chi connectivity index (χ0v) is 16.5. The summed E-state index contributed by atoms with van der Waals surface area (Å²) in [6.45, 7) is 4.14. The van der Waals surface area contributed by atoms with Gasteiger partial charge in [0.05, 0.1) is 18.1 Å². The quantitative estimate of drug-likeness (QED) is 0.543. The second kappa shape index (κ2) is 9.88. The van der Waals surface area contributed by atoms with Crippen LogP contribution in [0.2, 0.25) is 0 Å². The molecule has 0 radical (unpaired) electrons. The van der Waals surface area contributed by atoms with Crippen molar-refractivity contribution in [1.29, 1.82) is 0 Å². The Morgan fingerprint density at radius 1 is 1.17 bits per heavy atom. The SMILES string of the molecule is CN(Cc1ccc(N2CCOCC2)cc1)C(=O)CCNc1ccccc1[N+](=O)[O-]. The smallest absolute Gasteiger partial charge is 0.292 e. The van der Waals surface area contributed by atoms with E-state index in [-0.39, 0.29) is 18.0 Å². The second-order valence-corrected chi connectivity index (χ2v) is 6.97. The van der Waals surface area contributed by atoms with Crippen LogP contribution in [0, 0.1) is 10.1 Å². The van der Waals surface area contributed by atoms with Gasteiger partial charge in [0.25, 0.3) is 5.69 Å². The molecule has 0 saturated carbocycles. The Balaban J connectivity index is 1.47. The average Bonchev–Trinajstić information content (AvgIpc) is 2.75. The maximum Gasteiger partial charge on any atom is 0.292 e. The number of para-hydroxylation sites is 2. The first-order chi connectivity index (χ1) is 14.0. The summed E-state index contributed by atoms with van der Waals surface area (Å²) in [4.78, 5) is 27.0. The van der Waals surface area contributed by atoms with Gasteiger partial charge in [-0.2, -0.15) is 0 Å². The molecule has 154 valence electrons. The molecule has 0 aliphatic carbocycles. The summed E-state index contributed by atoms with van der Waals surface area (Å²) in [7, 11) is 1.77. The van der Waals surface area contributed by atoms with Crippen LogP contribution >= 0.6 is 0 Å². The van der Waals surface area contributed by atoms with Gasteiger partial charge in [0.1, 0.15) is 5.69 Å². The van der Waals surface area contributed by atoms with Crippen LogP contribution in [0.3, 0.4) is 0 Å². The molecule has 8 nitrogen and oxygen atoms in total. The average molecular weight is 398 g/mol. The Morgan fingerprint density at radius 3 is 2.55 bits per heavy atom. The molecule has 1 aliphatic rings. The minimum absolute atomic E-state index is 0.00802. The maximum atomic E-state index is 12.4. The predicted octanol–water partition coefficient (Wildman–Crippen LogP) is 2.89. The van der Waals surface area contributed by atoms with Gasteiger partial charge < -0.3 is 19.9 Å². The van der Waals surface area contributed by atoms with Crippen LogP contribution < -0.4 is 10.2 Å². The van der Waals surface area contributed by atoms with Gasteiger partial charge in [-0.15, -0.1) is 0 Å². The number of rotatable bonds is 8. The minimum Gasteiger partial charge on any atom is -0.379 e. The van der Waals surface area contributed by atoms with E-state index in [0.29, 0.717) is 18.8 Å². The van der Waals surface area contributed by atoms with E-state index in [2.05, 4.69) is 22.3 Å². The number of nitro groups is 1. The molecule has 0 aromatic heterocycles. The number of anilines is 2. The van der Waals surface area contributed by atoms with Crippen LogP contribution in [0.15, 0.2) is 48.5 Å². The van der Waals surface area contributed by atoms with Crippen molar-refractivity contribution in [3.05, 3.63) is 64.2 Å². The van der Waals surface area contributed by atoms with Crippen molar-refractivity contribution >= 4 is 23.0 Å². The summed E-state index contributed by atoms with van der Waals surface area (Å²) in [5.74, 6) is -0.0201. The molecule has 0 spiro atoms. The number of ether oxygens (including phenoxy) is 1. The van der Waals surface area contributed by atoms with Gasteiger partial charge in [-0.3, -0.25) is 14.9 Å². The molecule has 0 bridgehead atoms. The largest absolute Gasteiger partial charge is 0.379 e. The molecule has 0 unspecified atom stereocenters. The topological polar surface area (TPSA) is 88.0 Å². The van der Waals surface area contributed by atoms with Crippen molar-refractivity contribution in [2.24, 2.45) is 0 Å². The standard InChI is InChI=1S/C21H26N4O4/c1-23(16-17-6-8-18(9-7-17)24-12-14-29-15-13-24)21(26)10-11-22-19-4-2-3-5-20(19)25(27)28/h2-9,22H,10-16H2,1H3. The van der Waals surface area contributed by atoms with Crippen LogP contribution in [0.4, 0.5) is 17.1 Å². The van der Waals surface area contributed by atoms with E-state index in [1.54, 1.807) is 30.1 Å². The summed E-state index contributed by atoms with van der Waals surface area (Å²) in [5.41, 5.74) is 2.66. The van der Waals surface area contributed by atoms with Gasteiger partial charge in [0.15, 0.2) is 0 Å². The zero-order valence-electron chi connectivity index (χ0n) is 16.5. The molecule has 1 N–H and O–H groups in total. The van der Waals surface area contributed by atoms with Gasteiger partial charge >= 0.3 is 0 Å². The number of nitrogens with one attached hydrogen (secondary N) is 1. The highest BCUT2D eigenvalue weighted by molar-refractivity contribution is 5.76. The number of hydrogen-bond donors (Lipinski definition) is 1. The molecule has 2 aromatic carbocycles. The zero-order chi connectivity index (χ0) is 20.6. The van der Waals surface area contributed by atoms with Crippen LogP contribution in [0.25, 0.3) is 0 Å². The van der Waals surface area contributed by atoms with E-state index in [0.717, 1.165) is 31.9 Å². The second-order valence-electron chi connectivity index (χ2n) is 6.97. The van der Waals surface area contributed by atoms with Crippen molar-refractivity contribution in [2.75, 3.05) is 50.1 Å². The van der Waals surface area contributed by atoms with Gasteiger partial charge in [0.2, 0.25) is 5.91 Å². The van der Waals surface area contributed by atoms with Crippen molar-refractivity contribution in [3.63, 3.8) is 0 Å². The van der Waals surface area contributed by atoms with Crippen molar-refractivity contribution in [1.82, 2.24) is 4.90 Å². The Kier molecular flexibility index (Phi) is 7.02. The number of amides is 1. The van der Waals surface area contributed by atoms with Crippen LogP contribution in [-0.2, 0) is 16.1 Å². The summed E-state index contributed by atoms with van der Waals surface area (Å²) < 4.78 is 5.38. The molecular weight excluding hydrogens is 372 g/mol. The number of benzene rings is 2. The van der Waals surface area contributed by atoms with Gasteiger partial charge in [-0.25, -0.2) is 0 Å². The molecule has 2 aromatic rings. The van der Waals surface area contributed by atoms with E-state index in [1.165, 1.54) is 11.8 Å². The van der Waals surface area contributed by atoms with Crippen LogP contribution in [0.1, 0.15) is 12.0 Å². The highest BCUT2D eigenvalue weighted by Crippen LogP contribution is 2.23. The third-order valence-corrected chi connectivity index (χ3v) is 4.91. The fourth-order valence-corrected chi connectivity index (χ4v) is 3.27. The minimum atomic E-state index is -0.434. The van der Waals surface area contributed by atoms with Gasteiger partial charge in [-0.1, -0.05) is 24.3 Å². The van der Waals surface area contributed by atoms with E-state index in [1.807, 2.05) is 12.1 Å². The first-order valence-electron chi connectivity index (χ1n) is 9.67. The monoisotopic (exact) mass is 398 g/mol. The molecule has 3 rings (SSSR count). The summed E-state index contributed by atoms with van der Waals surface area (Å²) in [6, 6.07) is 14.7. The number of nitro benzene ring substituents is 1. The van der Waals surface area contributed by atoms with Crippen LogP contribution in [-0.4, -0.2) is 55.6 Å². The first kappa shape index (κ1) is 20.6. The number of morpholine rings is 1. The Bertz CT molecular complexity index is 835. The lowest BCUT2D eigenvalue weighted by molar-refractivity contribution is -0.384. The molecular formula is C21H26N4O4. The Morgan fingerprint density at radius 2 is 1.86 bits per heavy atom. The molecule has 0 atom stereocenters. The number of hydrogen-bond acceptors (Lipinski definition) is 6. The van der Waals surface area contributed by atoms with E-state index >= 15 is 0 Å². The Labute approximate surface area is 170 Å². The van der Waals surface area contributed by atoms with Crippen molar-refractivity contribution in [2.45, 2.75) is 13.0 Å². The van der Waals surface area contributed by atoms with Gasteiger partial charge in [0, 0.05) is 51.4 Å². The number of nitrogens with zero attached hydrogens (tertiary/aromatic N) is 3. The molecule has 1 fully saturated rings. The van der Waals surface area contributed by atoms with Crippen LogP contribution in [0.5, 0.6) is 0 Å². The van der Waals surface area contributed by atoms with Crippen molar-refractivity contribution in [3.8, 4) is 0 Å². The number of carbonyl (C=O) groups excluding carboxylic acids is 1. The Hall–Kier alpha value is -3.13. The molecule has 8 heteroatoms. The molecule has 1 heterocycles. The molecule has 29 heavy (non-hydrogen) atoms. The highest BCUT2D eigenvalue weighted by atomic mass is 16.6. The molecule has 1 aliphatic heterocycles.